The highest BCUT2D eigenvalue weighted by atomic mass is 19.1. The smallest absolute Gasteiger partial charge is 0.126 e. The lowest BCUT2D eigenvalue weighted by Crippen LogP contribution is -2.05. The molecule has 0 saturated carbocycles. The number of rotatable bonds is 4. The first-order valence-electron chi connectivity index (χ1n) is 5.86. The highest BCUT2D eigenvalue weighted by Gasteiger charge is 2.00. The molecule has 2 aromatic carbocycles. The van der Waals surface area contributed by atoms with Crippen LogP contribution in [0.3, 0.4) is 0 Å². The molecule has 0 aliphatic rings. The van der Waals surface area contributed by atoms with Crippen molar-refractivity contribution < 1.29 is 8.78 Å². The van der Waals surface area contributed by atoms with Gasteiger partial charge in [0.25, 0.3) is 0 Å². The summed E-state index contributed by atoms with van der Waals surface area (Å²) in [6.07, 6.45) is 0.693. The van der Waals surface area contributed by atoms with E-state index in [0.717, 1.165) is 5.56 Å². The Morgan fingerprint density at radius 2 is 1.74 bits per heavy atom. The standard InChI is InChI=1S/C15H12F2N2/c16-13-3-1-11(2-4-13)5-6-19-15-8-12(10-18)7-14(17)9-15/h1-4,7-9,19H,5-6H2. The molecule has 0 saturated heterocycles. The molecule has 0 spiro atoms. The summed E-state index contributed by atoms with van der Waals surface area (Å²) in [5.41, 5.74) is 1.84. The maximum absolute atomic E-state index is 13.2. The van der Waals surface area contributed by atoms with E-state index in [4.69, 9.17) is 5.26 Å². The van der Waals surface area contributed by atoms with Gasteiger partial charge in [0.2, 0.25) is 0 Å². The average molecular weight is 258 g/mol. The molecule has 0 atom stereocenters. The fraction of sp³-hybridized carbons (Fsp3) is 0.133. The Morgan fingerprint density at radius 1 is 1.00 bits per heavy atom. The molecule has 0 aliphatic heterocycles. The van der Waals surface area contributed by atoms with Crippen LogP contribution in [0.5, 0.6) is 0 Å². The lowest BCUT2D eigenvalue weighted by Gasteiger charge is -2.07. The summed E-state index contributed by atoms with van der Waals surface area (Å²) in [7, 11) is 0. The van der Waals surface area contributed by atoms with Gasteiger partial charge >= 0.3 is 0 Å². The molecule has 0 amide bonds. The van der Waals surface area contributed by atoms with E-state index in [0.29, 0.717) is 18.7 Å². The molecule has 4 heteroatoms. The van der Waals surface area contributed by atoms with Crippen molar-refractivity contribution in [3.05, 3.63) is 65.2 Å². The van der Waals surface area contributed by atoms with Crippen LogP contribution in [0.15, 0.2) is 42.5 Å². The van der Waals surface area contributed by atoms with Gasteiger partial charge in [-0.15, -0.1) is 0 Å². The van der Waals surface area contributed by atoms with Crippen LogP contribution in [-0.2, 0) is 6.42 Å². The Labute approximate surface area is 110 Å². The van der Waals surface area contributed by atoms with E-state index >= 15 is 0 Å². The second kappa shape index (κ2) is 5.96. The van der Waals surface area contributed by atoms with Gasteiger partial charge in [-0.3, -0.25) is 0 Å². The third kappa shape index (κ3) is 3.78. The number of benzene rings is 2. The summed E-state index contributed by atoms with van der Waals surface area (Å²) in [6.45, 7) is 0.583. The number of hydrogen-bond donors (Lipinski definition) is 1. The quantitative estimate of drug-likeness (QED) is 0.911. The van der Waals surface area contributed by atoms with Crippen molar-refractivity contribution in [2.75, 3.05) is 11.9 Å². The zero-order chi connectivity index (χ0) is 13.7. The number of halogens is 2. The molecule has 0 radical (unpaired) electrons. The third-order valence-corrected chi connectivity index (χ3v) is 2.68. The largest absolute Gasteiger partial charge is 0.385 e. The topological polar surface area (TPSA) is 35.8 Å². The van der Waals surface area contributed by atoms with Crippen molar-refractivity contribution in [3.8, 4) is 6.07 Å². The molecule has 0 fully saturated rings. The van der Waals surface area contributed by atoms with Gasteiger partial charge in [-0.1, -0.05) is 12.1 Å². The minimum absolute atomic E-state index is 0.263. The van der Waals surface area contributed by atoms with E-state index in [1.807, 2.05) is 6.07 Å². The number of nitrogens with zero attached hydrogens (tertiary/aromatic N) is 1. The van der Waals surface area contributed by atoms with Crippen LogP contribution in [0.4, 0.5) is 14.5 Å². The second-order valence-corrected chi connectivity index (χ2v) is 4.14. The lowest BCUT2D eigenvalue weighted by atomic mass is 10.1. The van der Waals surface area contributed by atoms with Crippen LogP contribution in [0, 0.1) is 23.0 Å². The summed E-state index contributed by atoms with van der Waals surface area (Å²) >= 11 is 0. The molecule has 0 bridgehead atoms. The molecule has 1 N–H and O–H groups in total. The van der Waals surface area contributed by atoms with Crippen LogP contribution in [0.25, 0.3) is 0 Å². The second-order valence-electron chi connectivity index (χ2n) is 4.14. The number of hydrogen-bond acceptors (Lipinski definition) is 2. The normalized spacial score (nSPS) is 9.95. The van der Waals surface area contributed by atoms with Crippen molar-refractivity contribution in [3.63, 3.8) is 0 Å². The predicted molar refractivity (Wildman–Crippen MR) is 69.7 cm³/mol. The maximum atomic E-state index is 13.2. The van der Waals surface area contributed by atoms with Crippen LogP contribution in [-0.4, -0.2) is 6.54 Å². The van der Waals surface area contributed by atoms with Crippen molar-refractivity contribution in [1.82, 2.24) is 0 Å². The summed E-state index contributed by atoms with van der Waals surface area (Å²) in [5, 5.41) is 11.8. The number of nitrogens with one attached hydrogen (secondary N) is 1. The van der Waals surface area contributed by atoms with E-state index < -0.39 is 5.82 Å². The zero-order valence-electron chi connectivity index (χ0n) is 10.2. The average Bonchev–Trinajstić information content (AvgIpc) is 2.40. The van der Waals surface area contributed by atoms with Crippen LogP contribution in [0.1, 0.15) is 11.1 Å². The molecule has 0 unspecified atom stereocenters. The first kappa shape index (κ1) is 13.0. The molecule has 96 valence electrons. The lowest BCUT2D eigenvalue weighted by molar-refractivity contribution is 0.626. The van der Waals surface area contributed by atoms with E-state index in [-0.39, 0.29) is 11.4 Å². The van der Waals surface area contributed by atoms with Gasteiger partial charge in [0, 0.05) is 12.2 Å². The molecule has 2 nitrogen and oxygen atoms in total. The first-order chi connectivity index (χ1) is 9.17. The highest BCUT2D eigenvalue weighted by molar-refractivity contribution is 5.49. The van der Waals surface area contributed by atoms with Crippen LogP contribution in [0.2, 0.25) is 0 Å². The summed E-state index contributed by atoms with van der Waals surface area (Å²) in [5.74, 6) is -0.705. The predicted octanol–water partition coefficient (Wildman–Crippen LogP) is 3.49. The van der Waals surface area contributed by atoms with Gasteiger partial charge in [0.05, 0.1) is 11.6 Å². The van der Waals surface area contributed by atoms with Crippen molar-refractivity contribution in [2.24, 2.45) is 0 Å². The molecule has 0 heterocycles. The minimum Gasteiger partial charge on any atom is -0.385 e. The van der Waals surface area contributed by atoms with Gasteiger partial charge in [0.15, 0.2) is 0 Å². The monoisotopic (exact) mass is 258 g/mol. The Bertz CT molecular complexity index is 601. The summed E-state index contributed by atoms with van der Waals surface area (Å²) < 4.78 is 25.9. The number of anilines is 1. The molecule has 0 aliphatic carbocycles. The molecule has 19 heavy (non-hydrogen) atoms. The van der Waals surface area contributed by atoms with E-state index in [9.17, 15) is 8.78 Å². The molecule has 0 aromatic heterocycles. The molecule has 2 rings (SSSR count). The van der Waals surface area contributed by atoms with Crippen LogP contribution >= 0.6 is 0 Å². The Kier molecular flexibility index (Phi) is 4.09. The minimum atomic E-state index is -0.441. The summed E-state index contributed by atoms with van der Waals surface area (Å²) in [6, 6.07) is 12.3. The molecular weight excluding hydrogens is 246 g/mol. The fourth-order valence-electron chi connectivity index (χ4n) is 1.76. The van der Waals surface area contributed by atoms with Gasteiger partial charge < -0.3 is 5.32 Å². The SMILES string of the molecule is N#Cc1cc(F)cc(NCCc2ccc(F)cc2)c1. The zero-order valence-corrected chi connectivity index (χ0v) is 10.2. The summed E-state index contributed by atoms with van der Waals surface area (Å²) in [4.78, 5) is 0. The maximum Gasteiger partial charge on any atom is 0.126 e. The van der Waals surface area contributed by atoms with E-state index in [1.165, 1.54) is 24.3 Å². The molecular formula is C15H12F2N2. The van der Waals surface area contributed by atoms with Crippen molar-refractivity contribution in [2.45, 2.75) is 6.42 Å². The van der Waals surface area contributed by atoms with Gasteiger partial charge in [-0.2, -0.15) is 5.26 Å². The van der Waals surface area contributed by atoms with Crippen molar-refractivity contribution >= 4 is 5.69 Å². The number of nitriles is 1. The highest BCUT2D eigenvalue weighted by Crippen LogP contribution is 2.13. The van der Waals surface area contributed by atoms with Gasteiger partial charge in [-0.25, -0.2) is 8.78 Å². The Balaban J connectivity index is 1.94. The van der Waals surface area contributed by atoms with E-state index in [2.05, 4.69) is 5.32 Å². The van der Waals surface area contributed by atoms with Gasteiger partial charge in [-0.05, 0) is 42.3 Å². The Hall–Kier alpha value is -2.41. The van der Waals surface area contributed by atoms with Crippen LogP contribution < -0.4 is 5.32 Å². The van der Waals surface area contributed by atoms with Crippen molar-refractivity contribution in [1.29, 1.82) is 5.26 Å². The van der Waals surface area contributed by atoms with Gasteiger partial charge in [0.1, 0.15) is 11.6 Å². The first-order valence-corrected chi connectivity index (χ1v) is 5.86. The fourth-order valence-corrected chi connectivity index (χ4v) is 1.76. The van der Waals surface area contributed by atoms with E-state index in [1.54, 1.807) is 18.2 Å². The third-order valence-electron chi connectivity index (χ3n) is 2.68. The molecule has 2 aromatic rings. The Morgan fingerprint density at radius 3 is 2.42 bits per heavy atom.